The van der Waals surface area contributed by atoms with E-state index in [1.807, 2.05) is 0 Å². The summed E-state index contributed by atoms with van der Waals surface area (Å²) in [5, 5.41) is 3.62. The maximum atomic E-state index is 4.95. The van der Waals surface area contributed by atoms with Gasteiger partial charge in [-0.05, 0) is 49.7 Å². The van der Waals surface area contributed by atoms with Crippen molar-refractivity contribution >= 4 is 22.9 Å². The number of para-hydroxylation sites is 2. The molecule has 0 unspecified atom stereocenters. The van der Waals surface area contributed by atoms with Crippen LogP contribution >= 0.6 is 0 Å². The van der Waals surface area contributed by atoms with Gasteiger partial charge < -0.3 is 4.90 Å². The SMILES string of the molecule is CC1CCN(CN2CCN=C2Nc2nc3ccccc3n2CN2CCC(C)CC2)CC1. The van der Waals surface area contributed by atoms with Crippen LogP contribution in [0.25, 0.3) is 11.0 Å². The lowest BCUT2D eigenvalue weighted by Crippen LogP contribution is -2.45. The number of imidazole rings is 1. The highest BCUT2D eigenvalue weighted by Gasteiger charge is 2.25. The van der Waals surface area contributed by atoms with E-state index in [0.717, 1.165) is 68.8 Å². The van der Waals surface area contributed by atoms with Crippen LogP contribution in [-0.4, -0.2) is 76.1 Å². The summed E-state index contributed by atoms with van der Waals surface area (Å²) in [4.78, 5) is 17.3. The molecule has 1 aromatic heterocycles. The minimum Gasteiger partial charge on any atom is -0.328 e. The Morgan fingerprint density at radius 2 is 1.52 bits per heavy atom. The molecule has 4 heterocycles. The summed E-state index contributed by atoms with van der Waals surface area (Å²) >= 11 is 0. The second-order valence-corrected chi connectivity index (χ2v) is 9.83. The Hall–Kier alpha value is -2.12. The van der Waals surface area contributed by atoms with Gasteiger partial charge in [-0.3, -0.25) is 24.7 Å². The van der Waals surface area contributed by atoms with Crippen molar-refractivity contribution in [1.29, 1.82) is 0 Å². The van der Waals surface area contributed by atoms with E-state index < -0.39 is 0 Å². The van der Waals surface area contributed by atoms with E-state index in [-0.39, 0.29) is 0 Å². The van der Waals surface area contributed by atoms with E-state index in [1.165, 1.54) is 44.3 Å². The number of likely N-dealkylation sites (tertiary alicyclic amines) is 2. The molecule has 168 valence electrons. The quantitative estimate of drug-likeness (QED) is 0.798. The fraction of sp³-hybridized carbons (Fsp3) is 0.667. The molecule has 7 nitrogen and oxygen atoms in total. The number of fused-ring (bicyclic) bond motifs is 1. The van der Waals surface area contributed by atoms with Gasteiger partial charge in [-0.15, -0.1) is 0 Å². The Bertz CT molecular complexity index is 904. The molecule has 0 amide bonds. The number of rotatable bonds is 5. The maximum absolute atomic E-state index is 4.95. The van der Waals surface area contributed by atoms with Gasteiger partial charge in [-0.25, -0.2) is 4.98 Å². The molecule has 31 heavy (non-hydrogen) atoms. The average molecular weight is 424 g/mol. The zero-order valence-electron chi connectivity index (χ0n) is 19.1. The molecule has 2 aromatic rings. The van der Waals surface area contributed by atoms with E-state index in [4.69, 9.17) is 9.98 Å². The van der Waals surface area contributed by atoms with Crippen molar-refractivity contribution in [2.45, 2.75) is 46.2 Å². The monoisotopic (exact) mass is 423 g/mol. The van der Waals surface area contributed by atoms with E-state index >= 15 is 0 Å². The lowest BCUT2D eigenvalue weighted by atomic mass is 10.00. The molecule has 5 rings (SSSR count). The summed E-state index contributed by atoms with van der Waals surface area (Å²) < 4.78 is 2.34. The molecular formula is C24H37N7. The van der Waals surface area contributed by atoms with Gasteiger partial charge in [0, 0.05) is 32.7 Å². The number of aromatic nitrogens is 2. The first-order chi connectivity index (χ1) is 15.2. The fourth-order valence-corrected chi connectivity index (χ4v) is 5.00. The van der Waals surface area contributed by atoms with Crippen LogP contribution in [0.3, 0.4) is 0 Å². The van der Waals surface area contributed by atoms with Crippen molar-refractivity contribution in [3.05, 3.63) is 24.3 Å². The molecule has 7 heteroatoms. The van der Waals surface area contributed by atoms with E-state index in [1.54, 1.807) is 0 Å². The molecule has 2 fully saturated rings. The second kappa shape index (κ2) is 9.17. The summed E-state index contributed by atoms with van der Waals surface area (Å²) in [6.45, 7) is 13.1. The minimum absolute atomic E-state index is 0.840. The number of hydrogen-bond donors (Lipinski definition) is 1. The number of aliphatic imine (C=N–C) groups is 1. The lowest BCUT2D eigenvalue weighted by molar-refractivity contribution is 0.142. The molecule has 1 N–H and O–H groups in total. The number of anilines is 1. The number of piperidine rings is 2. The number of nitrogens with zero attached hydrogens (tertiary/aromatic N) is 6. The highest BCUT2D eigenvalue weighted by atomic mass is 15.4. The molecule has 0 radical (unpaired) electrons. The molecule has 1 aromatic carbocycles. The van der Waals surface area contributed by atoms with Crippen molar-refractivity contribution in [2.24, 2.45) is 16.8 Å². The van der Waals surface area contributed by atoms with Crippen LogP contribution in [0, 0.1) is 11.8 Å². The predicted octanol–water partition coefficient (Wildman–Crippen LogP) is 3.50. The molecule has 0 atom stereocenters. The molecular weight excluding hydrogens is 386 g/mol. The Balaban J connectivity index is 1.32. The Morgan fingerprint density at radius 1 is 0.871 bits per heavy atom. The van der Waals surface area contributed by atoms with Crippen molar-refractivity contribution in [2.75, 3.05) is 51.3 Å². The lowest BCUT2D eigenvalue weighted by Gasteiger charge is -2.34. The third kappa shape index (κ3) is 4.72. The standard InChI is InChI=1S/C24H37N7/c1-19-7-12-28(13-8-19)17-30-16-11-25-23(30)27-24-26-21-5-3-4-6-22(21)31(24)18-29-14-9-20(2)10-15-29/h3-6,19-20H,7-18H2,1-2H3,(H,25,26,27). The first-order valence-corrected chi connectivity index (χ1v) is 12.1. The maximum Gasteiger partial charge on any atom is 0.211 e. The van der Waals surface area contributed by atoms with Crippen molar-refractivity contribution in [1.82, 2.24) is 24.3 Å². The third-order valence-electron chi connectivity index (χ3n) is 7.27. The number of hydrogen-bond acceptors (Lipinski definition) is 6. The van der Waals surface area contributed by atoms with E-state index in [9.17, 15) is 0 Å². The molecule has 3 aliphatic rings. The van der Waals surface area contributed by atoms with Gasteiger partial charge in [0.05, 0.1) is 30.9 Å². The van der Waals surface area contributed by atoms with Gasteiger partial charge in [0.15, 0.2) is 0 Å². The van der Waals surface area contributed by atoms with E-state index in [0.29, 0.717) is 0 Å². The van der Waals surface area contributed by atoms with Gasteiger partial charge in [0.1, 0.15) is 0 Å². The summed E-state index contributed by atoms with van der Waals surface area (Å²) in [6.07, 6.45) is 5.17. The zero-order valence-corrected chi connectivity index (χ0v) is 19.1. The largest absolute Gasteiger partial charge is 0.328 e. The topological polar surface area (TPSA) is 51.9 Å². The number of nitrogens with one attached hydrogen (secondary N) is 1. The minimum atomic E-state index is 0.840. The highest BCUT2D eigenvalue weighted by Crippen LogP contribution is 2.24. The number of benzene rings is 1. The molecule has 0 bridgehead atoms. The molecule has 0 aliphatic carbocycles. The van der Waals surface area contributed by atoms with Gasteiger partial charge in [-0.1, -0.05) is 26.0 Å². The van der Waals surface area contributed by atoms with Gasteiger partial charge in [0.2, 0.25) is 11.9 Å². The van der Waals surface area contributed by atoms with Gasteiger partial charge in [-0.2, -0.15) is 0 Å². The highest BCUT2D eigenvalue weighted by molar-refractivity contribution is 5.95. The summed E-state index contributed by atoms with van der Waals surface area (Å²) in [5.74, 6) is 3.59. The van der Waals surface area contributed by atoms with Crippen LogP contribution in [0.4, 0.5) is 5.95 Å². The van der Waals surface area contributed by atoms with Crippen LogP contribution in [0.5, 0.6) is 0 Å². The first kappa shape index (κ1) is 20.8. The molecule has 3 aliphatic heterocycles. The summed E-state index contributed by atoms with van der Waals surface area (Å²) in [5.41, 5.74) is 2.24. The Morgan fingerprint density at radius 3 is 2.23 bits per heavy atom. The van der Waals surface area contributed by atoms with Crippen LogP contribution in [0.1, 0.15) is 39.5 Å². The van der Waals surface area contributed by atoms with Gasteiger partial charge in [0.25, 0.3) is 0 Å². The summed E-state index contributed by atoms with van der Waals surface area (Å²) in [7, 11) is 0. The molecule has 2 saturated heterocycles. The van der Waals surface area contributed by atoms with Gasteiger partial charge >= 0.3 is 0 Å². The van der Waals surface area contributed by atoms with Crippen LogP contribution in [0.2, 0.25) is 0 Å². The molecule has 0 spiro atoms. The van der Waals surface area contributed by atoms with Crippen molar-refractivity contribution in [3.63, 3.8) is 0 Å². The third-order valence-corrected chi connectivity index (χ3v) is 7.27. The molecule has 0 saturated carbocycles. The zero-order chi connectivity index (χ0) is 21.2. The van der Waals surface area contributed by atoms with Crippen LogP contribution in [-0.2, 0) is 6.67 Å². The normalized spacial score (nSPS) is 22.4. The Kier molecular flexibility index (Phi) is 6.14. The fourth-order valence-electron chi connectivity index (χ4n) is 5.00. The predicted molar refractivity (Wildman–Crippen MR) is 127 cm³/mol. The van der Waals surface area contributed by atoms with Crippen LogP contribution < -0.4 is 5.32 Å². The Labute approximate surface area is 186 Å². The van der Waals surface area contributed by atoms with Crippen LogP contribution in [0.15, 0.2) is 29.3 Å². The average Bonchev–Trinajstić information content (AvgIpc) is 3.36. The second-order valence-electron chi connectivity index (χ2n) is 9.83. The van der Waals surface area contributed by atoms with Crippen molar-refractivity contribution < 1.29 is 0 Å². The van der Waals surface area contributed by atoms with E-state index in [2.05, 4.69) is 62.7 Å². The first-order valence-electron chi connectivity index (χ1n) is 12.1. The number of guanidine groups is 1. The van der Waals surface area contributed by atoms with Crippen molar-refractivity contribution in [3.8, 4) is 0 Å². The summed E-state index contributed by atoms with van der Waals surface area (Å²) in [6, 6.07) is 8.48. The smallest absolute Gasteiger partial charge is 0.211 e.